The van der Waals surface area contributed by atoms with Crippen molar-refractivity contribution in [1.82, 2.24) is 4.72 Å². The van der Waals surface area contributed by atoms with Gasteiger partial charge in [-0.25, -0.2) is 17.5 Å². The molecule has 0 aromatic heterocycles. The number of sulfonamides is 1. The van der Waals surface area contributed by atoms with E-state index in [2.05, 4.69) is 4.72 Å². The molecule has 10 heteroatoms. The molecule has 0 aliphatic heterocycles. The standard InChI is InChI=1S/C13H20FN3O4S.ClH/c1-3-4-5-10(8-15)16-22(20,21)11-6-12(14)9(2)13(7-11)17(18)19;/h6-7,10,16H,3-5,8,15H2,1-2H3;1H. The molecule has 1 aromatic rings. The van der Waals surface area contributed by atoms with Crippen LogP contribution in [0.15, 0.2) is 17.0 Å². The number of halogens is 2. The third-order valence-corrected chi connectivity index (χ3v) is 4.81. The van der Waals surface area contributed by atoms with E-state index in [9.17, 15) is 22.9 Å². The van der Waals surface area contributed by atoms with Gasteiger partial charge < -0.3 is 5.73 Å². The zero-order valence-corrected chi connectivity index (χ0v) is 14.5. The number of hydrogen-bond donors (Lipinski definition) is 2. The predicted molar refractivity (Wildman–Crippen MR) is 87.7 cm³/mol. The monoisotopic (exact) mass is 369 g/mol. The third-order valence-electron chi connectivity index (χ3n) is 3.31. The summed E-state index contributed by atoms with van der Waals surface area (Å²) in [7, 11) is -4.07. The molecule has 0 radical (unpaired) electrons. The summed E-state index contributed by atoms with van der Waals surface area (Å²) in [6.07, 6.45) is 2.21. The van der Waals surface area contributed by atoms with Crippen molar-refractivity contribution in [3.8, 4) is 0 Å². The van der Waals surface area contributed by atoms with Crippen molar-refractivity contribution >= 4 is 28.1 Å². The highest BCUT2D eigenvalue weighted by Crippen LogP contribution is 2.25. The van der Waals surface area contributed by atoms with E-state index in [0.717, 1.165) is 25.0 Å². The van der Waals surface area contributed by atoms with Crippen LogP contribution in [-0.4, -0.2) is 25.9 Å². The topological polar surface area (TPSA) is 115 Å². The molecule has 0 spiro atoms. The van der Waals surface area contributed by atoms with Crippen molar-refractivity contribution < 1.29 is 17.7 Å². The fourth-order valence-corrected chi connectivity index (χ4v) is 3.26. The summed E-state index contributed by atoms with van der Waals surface area (Å²) in [5.74, 6) is -0.938. The van der Waals surface area contributed by atoms with Gasteiger partial charge in [-0.1, -0.05) is 19.8 Å². The van der Waals surface area contributed by atoms with Gasteiger partial charge in [0.1, 0.15) is 5.82 Å². The Hall–Kier alpha value is -1.29. The van der Waals surface area contributed by atoms with Crippen LogP contribution in [0, 0.1) is 22.9 Å². The highest BCUT2D eigenvalue weighted by atomic mass is 35.5. The van der Waals surface area contributed by atoms with Gasteiger partial charge in [-0.3, -0.25) is 10.1 Å². The van der Waals surface area contributed by atoms with Gasteiger partial charge in [0, 0.05) is 18.7 Å². The molecule has 0 bridgehead atoms. The van der Waals surface area contributed by atoms with Gasteiger partial charge in [0.2, 0.25) is 10.0 Å². The SMILES string of the molecule is CCCCC(CN)NS(=O)(=O)c1cc(F)c(C)c([N+](=O)[O-])c1.Cl. The van der Waals surface area contributed by atoms with E-state index in [1.165, 1.54) is 6.92 Å². The van der Waals surface area contributed by atoms with Gasteiger partial charge in [-0.15, -0.1) is 12.4 Å². The second kappa shape index (κ2) is 9.11. The number of nitrogens with zero attached hydrogens (tertiary/aromatic N) is 1. The molecule has 1 aromatic carbocycles. The second-order valence-corrected chi connectivity index (χ2v) is 6.72. The fraction of sp³-hybridized carbons (Fsp3) is 0.538. The average molecular weight is 370 g/mol. The second-order valence-electron chi connectivity index (χ2n) is 5.00. The molecular weight excluding hydrogens is 349 g/mol. The predicted octanol–water partition coefficient (Wildman–Crippen LogP) is 2.26. The number of rotatable bonds is 8. The Balaban J connectivity index is 0.00000484. The summed E-state index contributed by atoms with van der Waals surface area (Å²) >= 11 is 0. The lowest BCUT2D eigenvalue weighted by Crippen LogP contribution is -2.40. The van der Waals surface area contributed by atoms with Gasteiger partial charge in [-0.2, -0.15) is 0 Å². The number of benzene rings is 1. The third kappa shape index (κ3) is 5.69. The van der Waals surface area contributed by atoms with Gasteiger partial charge in [0.25, 0.3) is 5.69 Å². The Labute approximate surface area is 141 Å². The highest BCUT2D eigenvalue weighted by Gasteiger charge is 2.25. The summed E-state index contributed by atoms with van der Waals surface area (Å²) in [5.41, 5.74) is 4.75. The van der Waals surface area contributed by atoms with Crippen LogP contribution in [0.4, 0.5) is 10.1 Å². The van der Waals surface area contributed by atoms with Crippen molar-refractivity contribution in [1.29, 1.82) is 0 Å². The van der Waals surface area contributed by atoms with Crippen molar-refractivity contribution in [2.24, 2.45) is 5.73 Å². The molecule has 0 saturated carbocycles. The van der Waals surface area contributed by atoms with Crippen molar-refractivity contribution in [3.63, 3.8) is 0 Å². The number of nitro groups is 1. The molecule has 3 N–H and O–H groups in total. The molecule has 132 valence electrons. The van der Waals surface area contributed by atoms with E-state index >= 15 is 0 Å². The number of nitrogens with two attached hydrogens (primary N) is 1. The molecule has 0 heterocycles. The molecule has 0 fully saturated rings. The van der Waals surface area contributed by atoms with E-state index in [0.29, 0.717) is 6.42 Å². The molecule has 1 rings (SSSR count). The van der Waals surface area contributed by atoms with E-state index in [4.69, 9.17) is 5.73 Å². The molecule has 23 heavy (non-hydrogen) atoms. The lowest BCUT2D eigenvalue weighted by molar-refractivity contribution is -0.385. The summed E-state index contributed by atoms with van der Waals surface area (Å²) in [6.45, 7) is 3.28. The van der Waals surface area contributed by atoms with Crippen molar-refractivity contribution in [2.75, 3.05) is 6.54 Å². The van der Waals surface area contributed by atoms with Crippen LogP contribution in [0.2, 0.25) is 0 Å². The first kappa shape index (κ1) is 21.7. The van der Waals surface area contributed by atoms with Crippen LogP contribution in [0.25, 0.3) is 0 Å². The Morgan fingerprint density at radius 2 is 2.04 bits per heavy atom. The maximum Gasteiger partial charge on any atom is 0.276 e. The fourth-order valence-electron chi connectivity index (χ4n) is 1.95. The van der Waals surface area contributed by atoms with E-state index < -0.39 is 37.4 Å². The van der Waals surface area contributed by atoms with Crippen LogP contribution in [-0.2, 0) is 10.0 Å². The Bertz CT molecular complexity index is 655. The summed E-state index contributed by atoms with van der Waals surface area (Å²) in [4.78, 5) is 9.59. The summed E-state index contributed by atoms with van der Waals surface area (Å²) in [6, 6.07) is 1.14. The number of unbranched alkanes of at least 4 members (excludes halogenated alkanes) is 1. The molecule has 0 aliphatic carbocycles. The highest BCUT2D eigenvalue weighted by molar-refractivity contribution is 7.89. The maximum absolute atomic E-state index is 13.7. The first-order valence-electron chi connectivity index (χ1n) is 6.89. The Morgan fingerprint density at radius 1 is 1.43 bits per heavy atom. The van der Waals surface area contributed by atoms with Crippen LogP contribution in [0.5, 0.6) is 0 Å². The smallest absolute Gasteiger partial charge is 0.276 e. The maximum atomic E-state index is 13.7. The minimum atomic E-state index is -4.07. The zero-order valence-electron chi connectivity index (χ0n) is 12.9. The number of nitro benzene ring substituents is 1. The van der Waals surface area contributed by atoms with Crippen molar-refractivity contribution in [3.05, 3.63) is 33.6 Å². The average Bonchev–Trinajstić information content (AvgIpc) is 2.45. The Morgan fingerprint density at radius 3 is 2.52 bits per heavy atom. The van der Waals surface area contributed by atoms with Gasteiger partial charge in [-0.05, 0) is 19.4 Å². The largest absolute Gasteiger partial charge is 0.329 e. The van der Waals surface area contributed by atoms with Crippen LogP contribution in [0.1, 0.15) is 31.7 Å². The molecule has 0 amide bonds. The van der Waals surface area contributed by atoms with Crippen molar-refractivity contribution in [2.45, 2.75) is 44.0 Å². The van der Waals surface area contributed by atoms with Gasteiger partial charge in [0.05, 0.1) is 15.4 Å². The van der Waals surface area contributed by atoms with Crippen LogP contribution in [0.3, 0.4) is 0 Å². The quantitative estimate of drug-likeness (QED) is 0.538. The number of nitrogens with one attached hydrogen (secondary N) is 1. The van der Waals surface area contributed by atoms with Gasteiger partial charge >= 0.3 is 0 Å². The molecule has 0 saturated heterocycles. The summed E-state index contributed by atoms with van der Waals surface area (Å²) in [5, 5.41) is 10.9. The van der Waals surface area contributed by atoms with E-state index in [-0.39, 0.29) is 24.5 Å². The first-order valence-corrected chi connectivity index (χ1v) is 8.38. The molecule has 1 atom stereocenters. The normalized spacial score (nSPS) is 12.5. The minimum absolute atomic E-state index is 0. The zero-order chi connectivity index (χ0) is 16.9. The summed E-state index contributed by atoms with van der Waals surface area (Å²) < 4.78 is 40.6. The van der Waals surface area contributed by atoms with E-state index in [1.54, 1.807) is 0 Å². The van der Waals surface area contributed by atoms with Crippen LogP contribution < -0.4 is 10.5 Å². The molecule has 0 aliphatic rings. The molecular formula is C13H21ClFN3O4S. The molecule has 7 nitrogen and oxygen atoms in total. The lowest BCUT2D eigenvalue weighted by atomic mass is 10.1. The minimum Gasteiger partial charge on any atom is -0.329 e. The molecule has 1 unspecified atom stereocenters. The Kier molecular flexibility index (Phi) is 8.60. The number of hydrogen-bond acceptors (Lipinski definition) is 5. The van der Waals surface area contributed by atoms with E-state index in [1.807, 2.05) is 6.92 Å². The lowest BCUT2D eigenvalue weighted by Gasteiger charge is -2.16. The van der Waals surface area contributed by atoms with Crippen LogP contribution >= 0.6 is 12.4 Å². The van der Waals surface area contributed by atoms with Gasteiger partial charge in [0.15, 0.2) is 0 Å². The first-order chi connectivity index (χ1) is 10.2.